The fourth-order valence-electron chi connectivity index (χ4n) is 2.00. The summed E-state index contributed by atoms with van der Waals surface area (Å²) in [5, 5.41) is 1.12. The maximum atomic E-state index is 6.22. The molecule has 1 aromatic carbocycles. The van der Waals surface area contributed by atoms with E-state index >= 15 is 0 Å². The second kappa shape index (κ2) is 3.89. The largest absolute Gasteiger partial charge is 0.122 e. The van der Waals surface area contributed by atoms with Crippen LogP contribution in [0.4, 0.5) is 0 Å². The molecule has 1 aromatic rings. The molecule has 0 nitrogen and oxygen atoms in total. The van der Waals surface area contributed by atoms with Crippen LogP contribution >= 0.6 is 23.2 Å². The van der Waals surface area contributed by atoms with E-state index in [1.807, 2.05) is 12.1 Å². The summed E-state index contributed by atoms with van der Waals surface area (Å²) in [5.41, 5.74) is 1.34. The summed E-state index contributed by atoms with van der Waals surface area (Å²) >= 11 is 12.0. The van der Waals surface area contributed by atoms with Crippen LogP contribution in [0.5, 0.6) is 0 Å². The van der Waals surface area contributed by atoms with Crippen molar-refractivity contribution in [1.29, 1.82) is 0 Å². The summed E-state index contributed by atoms with van der Waals surface area (Å²) in [4.78, 5) is 0. The third-order valence-corrected chi connectivity index (χ3v) is 3.50. The van der Waals surface area contributed by atoms with Gasteiger partial charge < -0.3 is 0 Å². The quantitative estimate of drug-likeness (QED) is 0.615. The molecule has 0 radical (unpaired) electrons. The second-order valence-corrected chi connectivity index (χ2v) is 4.60. The molecule has 0 spiro atoms. The third-order valence-electron chi connectivity index (χ3n) is 2.73. The summed E-state index contributed by atoms with van der Waals surface area (Å²) in [6, 6.07) is 8.07. The minimum atomic E-state index is 0.321. The van der Waals surface area contributed by atoms with E-state index in [4.69, 9.17) is 23.2 Å². The summed E-state index contributed by atoms with van der Waals surface area (Å²) in [7, 11) is 0. The lowest BCUT2D eigenvalue weighted by Gasteiger charge is -2.13. The monoisotopic (exact) mass is 214 g/mol. The van der Waals surface area contributed by atoms with E-state index in [0.29, 0.717) is 11.3 Å². The van der Waals surface area contributed by atoms with E-state index in [1.54, 1.807) is 0 Å². The zero-order chi connectivity index (χ0) is 9.26. The molecule has 0 aliphatic heterocycles. The van der Waals surface area contributed by atoms with Gasteiger partial charge in [-0.3, -0.25) is 0 Å². The molecular weight excluding hydrogens is 203 g/mol. The van der Waals surface area contributed by atoms with Crippen LogP contribution in [0.15, 0.2) is 24.3 Å². The summed E-state index contributed by atoms with van der Waals surface area (Å²) < 4.78 is 0. The lowest BCUT2D eigenvalue weighted by Crippen LogP contribution is -2.04. The Morgan fingerprint density at radius 3 is 2.31 bits per heavy atom. The predicted octanol–water partition coefficient (Wildman–Crippen LogP) is 4.21. The number of halogens is 2. The van der Waals surface area contributed by atoms with E-state index < -0.39 is 0 Å². The van der Waals surface area contributed by atoms with Crippen molar-refractivity contribution in [3.05, 3.63) is 34.9 Å². The van der Waals surface area contributed by atoms with Gasteiger partial charge in [0.05, 0.1) is 0 Å². The van der Waals surface area contributed by atoms with Gasteiger partial charge in [0.25, 0.3) is 0 Å². The van der Waals surface area contributed by atoms with E-state index in [1.165, 1.54) is 18.4 Å². The molecule has 0 aromatic heterocycles. The number of alkyl halides is 1. The standard InChI is InChI=1S/C11H12Cl2/c12-9-6-4-8(5-7-9)10-2-1-3-11(10)13/h4-7,10-11H,1-3H2. The lowest BCUT2D eigenvalue weighted by molar-refractivity contribution is 0.730. The Kier molecular flexibility index (Phi) is 2.80. The van der Waals surface area contributed by atoms with Gasteiger partial charge in [-0.15, -0.1) is 11.6 Å². The van der Waals surface area contributed by atoms with Crippen molar-refractivity contribution in [2.24, 2.45) is 0 Å². The Labute approximate surface area is 88.9 Å². The van der Waals surface area contributed by atoms with Crippen LogP contribution in [-0.4, -0.2) is 5.38 Å². The Morgan fingerprint density at radius 2 is 1.77 bits per heavy atom. The van der Waals surface area contributed by atoms with E-state index in [0.717, 1.165) is 11.4 Å². The van der Waals surface area contributed by atoms with Gasteiger partial charge in [0.15, 0.2) is 0 Å². The average molecular weight is 215 g/mol. The first-order valence-electron chi connectivity index (χ1n) is 4.67. The van der Waals surface area contributed by atoms with Crippen molar-refractivity contribution < 1.29 is 0 Å². The summed E-state index contributed by atoms with van der Waals surface area (Å²) in [5.74, 6) is 0.541. The normalized spacial score (nSPS) is 27.8. The highest BCUT2D eigenvalue weighted by molar-refractivity contribution is 6.30. The van der Waals surface area contributed by atoms with Gasteiger partial charge in [-0.2, -0.15) is 0 Å². The molecule has 70 valence electrons. The van der Waals surface area contributed by atoms with Crippen LogP contribution < -0.4 is 0 Å². The zero-order valence-electron chi connectivity index (χ0n) is 7.34. The molecule has 13 heavy (non-hydrogen) atoms. The van der Waals surface area contributed by atoms with E-state index in [9.17, 15) is 0 Å². The minimum absolute atomic E-state index is 0.321. The van der Waals surface area contributed by atoms with Gasteiger partial charge in [-0.25, -0.2) is 0 Å². The first-order chi connectivity index (χ1) is 6.27. The lowest BCUT2D eigenvalue weighted by atomic mass is 9.98. The highest BCUT2D eigenvalue weighted by Crippen LogP contribution is 2.38. The molecule has 2 atom stereocenters. The Bertz CT molecular complexity index is 279. The Hall–Kier alpha value is -0.200. The first-order valence-corrected chi connectivity index (χ1v) is 5.48. The molecule has 1 saturated carbocycles. The second-order valence-electron chi connectivity index (χ2n) is 3.60. The van der Waals surface area contributed by atoms with Crippen LogP contribution in [0.1, 0.15) is 30.7 Å². The van der Waals surface area contributed by atoms with Crippen LogP contribution in [0, 0.1) is 0 Å². The topological polar surface area (TPSA) is 0 Å². The molecule has 0 bridgehead atoms. The fourth-order valence-corrected chi connectivity index (χ4v) is 2.55. The van der Waals surface area contributed by atoms with Crippen molar-refractivity contribution in [3.8, 4) is 0 Å². The molecule has 2 unspecified atom stereocenters. The van der Waals surface area contributed by atoms with Gasteiger partial charge in [-0.1, -0.05) is 30.2 Å². The number of benzene rings is 1. The predicted molar refractivity (Wildman–Crippen MR) is 57.7 cm³/mol. The van der Waals surface area contributed by atoms with Crippen LogP contribution in [0.2, 0.25) is 5.02 Å². The maximum absolute atomic E-state index is 6.22. The van der Waals surface area contributed by atoms with E-state index in [-0.39, 0.29) is 0 Å². The smallest absolute Gasteiger partial charge is 0.0406 e. The third kappa shape index (κ3) is 2.00. The Balaban J connectivity index is 2.20. The Morgan fingerprint density at radius 1 is 1.08 bits per heavy atom. The molecule has 0 amide bonds. The fraction of sp³-hybridized carbons (Fsp3) is 0.455. The van der Waals surface area contributed by atoms with Crippen molar-refractivity contribution in [2.45, 2.75) is 30.6 Å². The van der Waals surface area contributed by atoms with Gasteiger partial charge in [0.1, 0.15) is 0 Å². The van der Waals surface area contributed by atoms with Gasteiger partial charge in [0, 0.05) is 16.3 Å². The van der Waals surface area contributed by atoms with Gasteiger partial charge in [-0.05, 0) is 30.5 Å². The average Bonchev–Trinajstić information content (AvgIpc) is 2.53. The molecule has 2 rings (SSSR count). The molecule has 1 fully saturated rings. The molecule has 1 aliphatic carbocycles. The van der Waals surface area contributed by atoms with Crippen LogP contribution in [0.25, 0.3) is 0 Å². The highest BCUT2D eigenvalue weighted by Gasteiger charge is 2.26. The SMILES string of the molecule is Clc1ccc(C2CCCC2Cl)cc1. The summed E-state index contributed by atoms with van der Waals surface area (Å²) in [6.45, 7) is 0. The maximum Gasteiger partial charge on any atom is 0.0406 e. The number of hydrogen-bond donors (Lipinski definition) is 0. The molecule has 1 aliphatic rings. The number of rotatable bonds is 1. The van der Waals surface area contributed by atoms with Crippen molar-refractivity contribution in [1.82, 2.24) is 0 Å². The molecular formula is C11H12Cl2. The van der Waals surface area contributed by atoms with Crippen molar-refractivity contribution in [2.75, 3.05) is 0 Å². The van der Waals surface area contributed by atoms with Crippen molar-refractivity contribution >= 4 is 23.2 Å². The molecule has 2 heteroatoms. The summed E-state index contributed by atoms with van der Waals surface area (Å²) in [6.07, 6.45) is 3.62. The van der Waals surface area contributed by atoms with Crippen LogP contribution in [-0.2, 0) is 0 Å². The zero-order valence-corrected chi connectivity index (χ0v) is 8.85. The van der Waals surface area contributed by atoms with Gasteiger partial charge in [0.2, 0.25) is 0 Å². The highest BCUT2D eigenvalue weighted by atomic mass is 35.5. The molecule has 0 heterocycles. The van der Waals surface area contributed by atoms with E-state index in [2.05, 4.69) is 12.1 Å². The molecule has 0 saturated heterocycles. The van der Waals surface area contributed by atoms with Crippen LogP contribution in [0.3, 0.4) is 0 Å². The first kappa shape index (κ1) is 9.36. The molecule has 0 N–H and O–H groups in total. The minimum Gasteiger partial charge on any atom is -0.122 e. The number of hydrogen-bond acceptors (Lipinski definition) is 0. The van der Waals surface area contributed by atoms with Gasteiger partial charge >= 0.3 is 0 Å². The van der Waals surface area contributed by atoms with Crippen molar-refractivity contribution in [3.63, 3.8) is 0 Å².